The van der Waals surface area contributed by atoms with Gasteiger partial charge in [-0.3, -0.25) is 4.99 Å². The number of hydrogen-bond donors (Lipinski definition) is 2. The zero-order chi connectivity index (χ0) is 7.23. The van der Waals surface area contributed by atoms with Crippen molar-refractivity contribution >= 4 is 12.2 Å². The second kappa shape index (κ2) is 3.87. The van der Waals surface area contributed by atoms with Crippen molar-refractivity contribution in [3.63, 3.8) is 0 Å². The van der Waals surface area contributed by atoms with Gasteiger partial charge in [0.1, 0.15) is 0 Å². The lowest BCUT2D eigenvalue weighted by Gasteiger charge is -2.12. The minimum Gasteiger partial charge on any atom is -0.355 e. The zero-order valence-electron chi connectivity index (χ0n) is 6.09. The van der Waals surface area contributed by atoms with E-state index in [1.165, 1.54) is 0 Å². The first-order chi connectivity index (χ1) is 4.93. The van der Waals surface area contributed by atoms with Gasteiger partial charge in [-0.15, -0.1) is 0 Å². The highest BCUT2D eigenvalue weighted by Crippen LogP contribution is 1.85. The first kappa shape index (κ1) is 7.05. The lowest BCUT2D eigenvalue weighted by atomic mass is 10.4. The molecule has 1 aliphatic rings. The number of hydrazone groups is 1. The van der Waals surface area contributed by atoms with Crippen molar-refractivity contribution in [1.82, 2.24) is 10.7 Å². The number of guanidine groups is 1. The van der Waals surface area contributed by atoms with Gasteiger partial charge in [0.15, 0.2) is 0 Å². The fraction of sp³-hybridized carbons (Fsp3) is 0.667. The van der Waals surface area contributed by atoms with E-state index in [2.05, 4.69) is 20.8 Å². The summed E-state index contributed by atoms with van der Waals surface area (Å²) < 4.78 is 0. The maximum Gasteiger partial charge on any atom is 0.212 e. The summed E-state index contributed by atoms with van der Waals surface area (Å²) in [5, 5.41) is 6.91. The van der Waals surface area contributed by atoms with Crippen LogP contribution in [0.15, 0.2) is 10.1 Å². The summed E-state index contributed by atoms with van der Waals surface area (Å²) in [7, 11) is 0. The molecule has 0 atom stereocenters. The molecule has 0 fully saturated rings. The van der Waals surface area contributed by atoms with Crippen LogP contribution in [-0.2, 0) is 0 Å². The van der Waals surface area contributed by atoms with E-state index in [1.807, 2.05) is 6.92 Å². The molecule has 0 radical (unpaired) electrons. The van der Waals surface area contributed by atoms with Crippen LogP contribution in [0.5, 0.6) is 0 Å². The molecule has 0 aromatic carbocycles. The molecule has 1 rings (SSSR count). The Bertz CT molecular complexity index is 150. The molecule has 10 heavy (non-hydrogen) atoms. The van der Waals surface area contributed by atoms with Gasteiger partial charge >= 0.3 is 0 Å². The van der Waals surface area contributed by atoms with Crippen LogP contribution in [0.25, 0.3) is 0 Å². The van der Waals surface area contributed by atoms with Crippen molar-refractivity contribution in [2.75, 3.05) is 13.1 Å². The maximum absolute atomic E-state index is 4.15. The molecule has 1 aliphatic heterocycles. The summed E-state index contributed by atoms with van der Waals surface area (Å²) in [4.78, 5) is 4.15. The molecule has 4 heteroatoms. The zero-order valence-corrected chi connectivity index (χ0v) is 6.09. The van der Waals surface area contributed by atoms with E-state index in [0.29, 0.717) is 0 Å². The molecule has 0 aromatic rings. The predicted molar refractivity (Wildman–Crippen MR) is 42.2 cm³/mol. The Morgan fingerprint density at radius 1 is 1.80 bits per heavy atom. The molecule has 0 unspecified atom stereocenters. The van der Waals surface area contributed by atoms with Crippen LogP contribution in [0.3, 0.4) is 0 Å². The quantitative estimate of drug-likeness (QED) is 0.395. The molecule has 0 amide bonds. The Kier molecular flexibility index (Phi) is 2.73. The van der Waals surface area contributed by atoms with E-state index in [9.17, 15) is 0 Å². The summed E-state index contributed by atoms with van der Waals surface area (Å²) in [6.07, 6.45) is 2.81. The van der Waals surface area contributed by atoms with Gasteiger partial charge in [0.25, 0.3) is 0 Å². The van der Waals surface area contributed by atoms with Gasteiger partial charge in [0, 0.05) is 19.3 Å². The van der Waals surface area contributed by atoms with Crippen molar-refractivity contribution in [3.8, 4) is 0 Å². The first-order valence-corrected chi connectivity index (χ1v) is 3.45. The van der Waals surface area contributed by atoms with Gasteiger partial charge in [-0.25, -0.2) is 5.43 Å². The molecular weight excluding hydrogens is 128 g/mol. The summed E-state index contributed by atoms with van der Waals surface area (Å²) in [5.41, 5.74) is 2.78. The van der Waals surface area contributed by atoms with Crippen molar-refractivity contribution in [3.05, 3.63) is 0 Å². The van der Waals surface area contributed by atoms with Gasteiger partial charge in [-0.1, -0.05) is 0 Å². The fourth-order valence-corrected chi connectivity index (χ4v) is 0.733. The second-order valence-electron chi connectivity index (χ2n) is 2.01. The Balaban J connectivity index is 2.31. The third-order valence-electron chi connectivity index (χ3n) is 1.20. The Morgan fingerprint density at radius 3 is 3.30 bits per heavy atom. The highest BCUT2D eigenvalue weighted by molar-refractivity contribution is 5.80. The Labute approximate surface area is 60.4 Å². The number of nitrogens with zero attached hydrogens (tertiary/aromatic N) is 2. The summed E-state index contributed by atoms with van der Waals surface area (Å²) in [6, 6.07) is 0. The fourth-order valence-electron chi connectivity index (χ4n) is 0.733. The molecule has 0 spiro atoms. The van der Waals surface area contributed by atoms with E-state index in [-0.39, 0.29) is 0 Å². The van der Waals surface area contributed by atoms with Crippen LogP contribution >= 0.6 is 0 Å². The van der Waals surface area contributed by atoms with Gasteiger partial charge in [-0.05, 0) is 13.3 Å². The van der Waals surface area contributed by atoms with Crippen LogP contribution in [0, 0.1) is 0 Å². The minimum atomic E-state index is 0.782. The molecule has 0 aromatic heterocycles. The van der Waals surface area contributed by atoms with Crippen LogP contribution in [-0.4, -0.2) is 25.3 Å². The maximum atomic E-state index is 4.15. The standard InChI is InChI=1S/C6H12N4/c1-2-9-10-6-7-4-3-5-8-6/h2H,3-5H2,1H3,(H2,7,8,10)/b9-2+. The van der Waals surface area contributed by atoms with Crippen molar-refractivity contribution in [2.45, 2.75) is 13.3 Å². The molecule has 0 saturated carbocycles. The van der Waals surface area contributed by atoms with E-state index in [1.54, 1.807) is 6.21 Å². The second-order valence-corrected chi connectivity index (χ2v) is 2.01. The average molecular weight is 140 g/mol. The summed E-state index contributed by atoms with van der Waals surface area (Å²) >= 11 is 0. The molecule has 0 saturated heterocycles. The van der Waals surface area contributed by atoms with Crippen molar-refractivity contribution < 1.29 is 0 Å². The largest absolute Gasteiger partial charge is 0.355 e. The number of aliphatic imine (C=N–C) groups is 1. The van der Waals surface area contributed by atoms with Crippen molar-refractivity contribution in [1.29, 1.82) is 0 Å². The molecule has 4 nitrogen and oxygen atoms in total. The van der Waals surface area contributed by atoms with E-state index < -0.39 is 0 Å². The summed E-state index contributed by atoms with van der Waals surface area (Å²) in [5.74, 6) is 0.782. The van der Waals surface area contributed by atoms with Gasteiger partial charge in [0.05, 0.1) is 0 Å². The third kappa shape index (κ3) is 2.05. The Morgan fingerprint density at radius 2 is 2.70 bits per heavy atom. The Hall–Kier alpha value is -1.06. The van der Waals surface area contributed by atoms with Gasteiger partial charge in [0.2, 0.25) is 5.96 Å². The molecule has 1 heterocycles. The van der Waals surface area contributed by atoms with Crippen LogP contribution in [0.1, 0.15) is 13.3 Å². The van der Waals surface area contributed by atoms with E-state index >= 15 is 0 Å². The number of hydrogen-bond acceptors (Lipinski definition) is 4. The third-order valence-corrected chi connectivity index (χ3v) is 1.20. The van der Waals surface area contributed by atoms with Gasteiger partial charge in [-0.2, -0.15) is 5.10 Å². The lowest BCUT2D eigenvalue weighted by Crippen LogP contribution is -2.38. The summed E-state index contributed by atoms with van der Waals surface area (Å²) in [6.45, 7) is 3.75. The van der Waals surface area contributed by atoms with Gasteiger partial charge < -0.3 is 5.32 Å². The van der Waals surface area contributed by atoms with Crippen LogP contribution in [0.4, 0.5) is 0 Å². The normalized spacial score (nSPS) is 18.3. The molecule has 0 aliphatic carbocycles. The number of rotatable bonds is 1. The topological polar surface area (TPSA) is 48.8 Å². The van der Waals surface area contributed by atoms with E-state index in [0.717, 1.165) is 25.5 Å². The molecular formula is C6H12N4. The highest BCUT2D eigenvalue weighted by atomic mass is 15.4. The predicted octanol–water partition coefficient (Wildman–Crippen LogP) is -0.0690. The highest BCUT2D eigenvalue weighted by Gasteiger charge is 1.99. The smallest absolute Gasteiger partial charge is 0.212 e. The molecule has 56 valence electrons. The SMILES string of the molecule is C/C=N/NC1=NCCCN1. The monoisotopic (exact) mass is 140 g/mol. The van der Waals surface area contributed by atoms with Crippen LogP contribution < -0.4 is 10.7 Å². The number of nitrogens with one attached hydrogen (secondary N) is 2. The first-order valence-electron chi connectivity index (χ1n) is 3.45. The minimum absolute atomic E-state index is 0.782. The molecule has 2 N–H and O–H groups in total. The van der Waals surface area contributed by atoms with Crippen LogP contribution in [0.2, 0.25) is 0 Å². The average Bonchev–Trinajstić information content (AvgIpc) is 2.03. The van der Waals surface area contributed by atoms with Crippen molar-refractivity contribution in [2.24, 2.45) is 10.1 Å². The van der Waals surface area contributed by atoms with E-state index in [4.69, 9.17) is 0 Å². The molecule has 0 bridgehead atoms. The lowest BCUT2D eigenvalue weighted by molar-refractivity contribution is 0.712.